The zero-order valence-electron chi connectivity index (χ0n) is 16.3. The van der Waals surface area contributed by atoms with E-state index in [4.69, 9.17) is 0 Å². The lowest BCUT2D eigenvalue weighted by Crippen LogP contribution is -2.37. The predicted octanol–water partition coefficient (Wildman–Crippen LogP) is 1.24. The van der Waals surface area contributed by atoms with E-state index >= 15 is 0 Å². The van der Waals surface area contributed by atoms with Crippen molar-refractivity contribution in [3.63, 3.8) is 0 Å². The van der Waals surface area contributed by atoms with E-state index in [0.717, 1.165) is 17.7 Å². The van der Waals surface area contributed by atoms with Gasteiger partial charge in [-0.05, 0) is 24.8 Å². The van der Waals surface area contributed by atoms with Gasteiger partial charge in [0.1, 0.15) is 5.69 Å². The molecule has 0 aromatic carbocycles. The number of rotatable bonds is 7. The molecule has 0 aliphatic heterocycles. The van der Waals surface area contributed by atoms with Crippen molar-refractivity contribution in [2.24, 2.45) is 5.92 Å². The van der Waals surface area contributed by atoms with Crippen molar-refractivity contribution >= 4 is 17.8 Å². The summed E-state index contributed by atoms with van der Waals surface area (Å²) in [6.07, 6.45) is 7.87. The molecule has 2 heterocycles. The second kappa shape index (κ2) is 7.77. The van der Waals surface area contributed by atoms with Gasteiger partial charge in [0.2, 0.25) is 11.9 Å². The Hall–Kier alpha value is -2.90. The van der Waals surface area contributed by atoms with Crippen LogP contribution in [0.2, 0.25) is 0 Å². The van der Waals surface area contributed by atoms with E-state index in [0.29, 0.717) is 17.6 Å². The summed E-state index contributed by atoms with van der Waals surface area (Å²) in [6, 6.07) is 1.84. The van der Waals surface area contributed by atoms with Crippen LogP contribution in [0, 0.1) is 5.92 Å². The molecule has 1 fully saturated rings. The van der Waals surface area contributed by atoms with Gasteiger partial charge in [0.25, 0.3) is 5.91 Å². The zero-order chi connectivity index (χ0) is 19.6. The maximum Gasteiger partial charge on any atom is 0.268 e. The summed E-state index contributed by atoms with van der Waals surface area (Å²) in [7, 11) is 7.11. The second-order valence-corrected chi connectivity index (χ2v) is 7.35. The Bertz CT molecular complexity index is 821. The number of nitrogens with zero attached hydrogens (tertiary/aromatic N) is 5. The van der Waals surface area contributed by atoms with Gasteiger partial charge in [-0.2, -0.15) is 0 Å². The van der Waals surface area contributed by atoms with Crippen LogP contribution in [0.25, 0.3) is 11.1 Å². The summed E-state index contributed by atoms with van der Waals surface area (Å²) in [6.45, 7) is 0.789. The summed E-state index contributed by atoms with van der Waals surface area (Å²) in [4.78, 5) is 36.4. The largest absolute Gasteiger partial charge is 0.347 e. The Labute approximate surface area is 159 Å². The van der Waals surface area contributed by atoms with Crippen LogP contribution in [0.5, 0.6) is 0 Å². The molecule has 0 spiro atoms. The molecule has 0 radical (unpaired) electrons. The molecule has 8 nitrogen and oxygen atoms in total. The molecular weight excluding hydrogens is 344 g/mol. The number of nitrogens with one attached hydrogen (secondary N) is 1. The van der Waals surface area contributed by atoms with E-state index in [2.05, 4.69) is 15.3 Å². The van der Waals surface area contributed by atoms with E-state index < -0.39 is 0 Å². The lowest BCUT2D eigenvalue weighted by molar-refractivity contribution is -0.127. The van der Waals surface area contributed by atoms with Gasteiger partial charge in [-0.15, -0.1) is 0 Å². The number of anilines is 1. The van der Waals surface area contributed by atoms with Gasteiger partial charge in [-0.1, -0.05) is 0 Å². The second-order valence-electron chi connectivity index (χ2n) is 7.35. The van der Waals surface area contributed by atoms with Crippen LogP contribution in [-0.2, 0) is 11.3 Å². The van der Waals surface area contributed by atoms with E-state index in [1.165, 1.54) is 17.7 Å². The number of amides is 2. The van der Waals surface area contributed by atoms with Crippen LogP contribution < -0.4 is 10.2 Å². The molecule has 0 saturated heterocycles. The molecule has 2 amide bonds. The minimum Gasteiger partial charge on any atom is -0.347 e. The zero-order valence-corrected chi connectivity index (χ0v) is 16.3. The van der Waals surface area contributed by atoms with Gasteiger partial charge in [0, 0.05) is 64.5 Å². The number of carbonyl (C=O) groups excluding carboxylic acids is 2. The summed E-state index contributed by atoms with van der Waals surface area (Å²) in [5.74, 6) is 0.864. The van der Waals surface area contributed by atoms with Crippen LogP contribution >= 0.6 is 0 Å². The standard InChI is InChI=1S/C19H26N6O2/c1-23(2)17(26)10-20-18(27)16-7-14(12-25(16)11-13-5-6-13)15-8-21-19(22-9-15)24(3)4/h7-9,12-13H,5-6,10-11H2,1-4H3,(H,20,27). The summed E-state index contributed by atoms with van der Waals surface area (Å²) < 4.78 is 1.97. The third kappa shape index (κ3) is 4.64. The molecule has 8 heteroatoms. The first kappa shape index (κ1) is 18.9. The number of hydrogen-bond acceptors (Lipinski definition) is 5. The summed E-state index contributed by atoms with van der Waals surface area (Å²) in [5.41, 5.74) is 2.30. The maximum absolute atomic E-state index is 12.6. The molecule has 0 bridgehead atoms. The molecule has 1 aliphatic carbocycles. The summed E-state index contributed by atoms with van der Waals surface area (Å²) in [5, 5.41) is 2.71. The van der Waals surface area contributed by atoms with Crippen LogP contribution in [0.1, 0.15) is 23.3 Å². The van der Waals surface area contributed by atoms with E-state index in [1.54, 1.807) is 26.5 Å². The number of carbonyl (C=O) groups is 2. The lowest BCUT2D eigenvalue weighted by Gasteiger charge is -2.12. The third-order valence-electron chi connectivity index (χ3n) is 4.55. The Balaban J connectivity index is 1.81. The minimum absolute atomic E-state index is 0.0174. The van der Waals surface area contributed by atoms with E-state index in [9.17, 15) is 9.59 Å². The molecule has 2 aromatic heterocycles. The normalized spacial score (nSPS) is 13.3. The number of aromatic nitrogens is 3. The SMILES string of the molecule is CN(C)C(=O)CNC(=O)c1cc(-c2cnc(N(C)C)nc2)cn1CC1CC1. The topological polar surface area (TPSA) is 83.4 Å². The molecule has 144 valence electrons. The van der Waals surface area contributed by atoms with Crippen molar-refractivity contribution in [3.05, 3.63) is 30.4 Å². The number of hydrogen-bond donors (Lipinski definition) is 1. The molecular formula is C19H26N6O2. The monoisotopic (exact) mass is 370 g/mol. The Morgan fingerprint density at radius 1 is 1.15 bits per heavy atom. The van der Waals surface area contributed by atoms with Crippen molar-refractivity contribution < 1.29 is 9.59 Å². The van der Waals surface area contributed by atoms with Gasteiger partial charge in [-0.25, -0.2) is 9.97 Å². The molecule has 2 aromatic rings. The fourth-order valence-electron chi connectivity index (χ4n) is 2.69. The molecule has 27 heavy (non-hydrogen) atoms. The van der Waals surface area contributed by atoms with Crippen LogP contribution in [0.15, 0.2) is 24.7 Å². The van der Waals surface area contributed by atoms with Gasteiger partial charge in [-0.3, -0.25) is 9.59 Å². The van der Waals surface area contributed by atoms with E-state index in [1.807, 2.05) is 35.8 Å². The molecule has 0 unspecified atom stereocenters. The Morgan fingerprint density at radius 2 is 1.81 bits per heavy atom. The minimum atomic E-state index is -0.247. The van der Waals surface area contributed by atoms with Crippen LogP contribution in [-0.4, -0.2) is 66.0 Å². The molecule has 1 aliphatic rings. The van der Waals surface area contributed by atoms with Gasteiger partial charge < -0.3 is 19.7 Å². The Kier molecular flexibility index (Phi) is 5.43. The highest BCUT2D eigenvalue weighted by atomic mass is 16.2. The highest BCUT2D eigenvalue weighted by Gasteiger charge is 2.25. The first-order chi connectivity index (χ1) is 12.8. The number of likely N-dealkylation sites (N-methyl/N-ethyl adjacent to an activating group) is 1. The quantitative estimate of drug-likeness (QED) is 0.793. The molecule has 1 N–H and O–H groups in total. The van der Waals surface area contributed by atoms with E-state index in [-0.39, 0.29) is 18.4 Å². The fourth-order valence-corrected chi connectivity index (χ4v) is 2.69. The van der Waals surface area contributed by atoms with Crippen LogP contribution in [0.4, 0.5) is 5.95 Å². The maximum atomic E-state index is 12.6. The lowest BCUT2D eigenvalue weighted by atomic mass is 10.2. The Morgan fingerprint density at radius 3 is 2.37 bits per heavy atom. The fraction of sp³-hybridized carbons (Fsp3) is 0.474. The smallest absolute Gasteiger partial charge is 0.268 e. The van der Waals surface area contributed by atoms with Crippen LogP contribution in [0.3, 0.4) is 0 Å². The first-order valence-electron chi connectivity index (χ1n) is 9.03. The molecule has 0 atom stereocenters. The molecule has 1 saturated carbocycles. The van der Waals surface area contributed by atoms with Gasteiger partial charge in [0.05, 0.1) is 6.54 Å². The van der Waals surface area contributed by atoms with Crippen molar-refractivity contribution in [1.29, 1.82) is 0 Å². The van der Waals surface area contributed by atoms with Crippen molar-refractivity contribution in [1.82, 2.24) is 24.8 Å². The highest BCUT2D eigenvalue weighted by molar-refractivity contribution is 5.96. The first-order valence-corrected chi connectivity index (χ1v) is 9.03. The van der Waals surface area contributed by atoms with Gasteiger partial charge >= 0.3 is 0 Å². The molecule has 3 rings (SSSR count). The summed E-state index contributed by atoms with van der Waals surface area (Å²) >= 11 is 0. The predicted molar refractivity (Wildman–Crippen MR) is 104 cm³/mol. The van der Waals surface area contributed by atoms with Gasteiger partial charge in [0.15, 0.2) is 0 Å². The third-order valence-corrected chi connectivity index (χ3v) is 4.55. The average molecular weight is 370 g/mol. The average Bonchev–Trinajstić information content (AvgIpc) is 3.36. The van der Waals surface area contributed by atoms with Crippen molar-refractivity contribution in [2.75, 3.05) is 39.6 Å². The highest BCUT2D eigenvalue weighted by Crippen LogP contribution is 2.32. The van der Waals surface area contributed by atoms with Crippen molar-refractivity contribution in [3.8, 4) is 11.1 Å². The van der Waals surface area contributed by atoms with Crippen molar-refractivity contribution in [2.45, 2.75) is 19.4 Å².